The number of amides is 1. The molecule has 0 unspecified atom stereocenters. The maximum absolute atomic E-state index is 13.0. The van der Waals surface area contributed by atoms with Gasteiger partial charge in [0.2, 0.25) is 5.91 Å². The van der Waals surface area contributed by atoms with E-state index in [1.165, 1.54) is 6.07 Å². The van der Waals surface area contributed by atoms with E-state index in [1.807, 2.05) is 38.2 Å². The molecule has 0 saturated heterocycles. The van der Waals surface area contributed by atoms with Crippen LogP contribution in [0.1, 0.15) is 31.7 Å². The number of nitrogens with one attached hydrogen (secondary N) is 2. The first-order chi connectivity index (χ1) is 14.4. The molecule has 1 aromatic carbocycles. The second-order valence-corrected chi connectivity index (χ2v) is 8.82. The van der Waals surface area contributed by atoms with Gasteiger partial charge in [0.25, 0.3) is 10.0 Å². The van der Waals surface area contributed by atoms with E-state index in [1.54, 1.807) is 22.6 Å². The Labute approximate surface area is 174 Å². The molecular formula is C20H22N6O3S. The molecule has 2 aromatic heterocycles. The van der Waals surface area contributed by atoms with Gasteiger partial charge in [-0.3, -0.25) is 18.9 Å². The van der Waals surface area contributed by atoms with Crippen molar-refractivity contribution in [3.05, 3.63) is 60.0 Å². The summed E-state index contributed by atoms with van der Waals surface area (Å²) in [7, 11) is -3.66. The van der Waals surface area contributed by atoms with Crippen LogP contribution in [0, 0.1) is 5.92 Å². The average Bonchev–Trinajstić information content (AvgIpc) is 3.28. The van der Waals surface area contributed by atoms with Crippen molar-refractivity contribution in [3.8, 4) is 0 Å². The third kappa shape index (κ3) is 3.65. The Hall–Kier alpha value is -3.27. The minimum atomic E-state index is -3.66. The molecule has 0 radical (unpaired) electrons. The molecule has 4 rings (SSSR count). The van der Waals surface area contributed by atoms with Crippen LogP contribution in [0.2, 0.25) is 0 Å². The molecule has 0 fully saturated rings. The fourth-order valence-electron chi connectivity index (χ4n) is 3.32. The van der Waals surface area contributed by atoms with Gasteiger partial charge in [-0.2, -0.15) is 0 Å². The highest BCUT2D eigenvalue weighted by Gasteiger charge is 2.33. The summed E-state index contributed by atoms with van der Waals surface area (Å²) >= 11 is 0. The third-order valence-corrected chi connectivity index (χ3v) is 6.58. The molecule has 2 atom stereocenters. The summed E-state index contributed by atoms with van der Waals surface area (Å²) < 4.78 is 29.0. The first kappa shape index (κ1) is 20.0. The van der Waals surface area contributed by atoms with Crippen LogP contribution in [0.15, 0.2) is 58.5 Å². The summed E-state index contributed by atoms with van der Waals surface area (Å²) in [4.78, 5) is 17.7. The topological polar surface area (TPSA) is 118 Å². The highest BCUT2D eigenvalue weighted by Crippen LogP contribution is 2.24. The number of pyridine rings is 1. The van der Waals surface area contributed by atoms with E-state index in [4.69, 9.17) is 0 Å². The summed E-state index contributed by atoms with van der Waals surface area (Å²) in [5.41, 5.74) is 1.17. The highest BCUT2D eigenvalue weighted by molar-refractivity contribution is 7.90. The number of aromatic nitrogens is 3. The Morgan fingerprint density at radius 3 is 2.77 bits per heavy atom. The maximum atomic E-state index is 13.0. The number of carbonyl (C=O) groups excluding carboxylic acids is 1. The lowest BCUT2D eigenvalue weighted by atomic mass is 9.98. The Kier molecular flexibility index (Phi) is 5.25. The fraction of sp³-hybridized carbons (Fsp3) is 0.300. The summed E-state index contributed by atoms with van der Waals surface area (Å²) in [6.45, 7) is 4.06. The quantitative estimate of drug-likeness (QED) is 0.619. The molecule has 2 N–H and O–H groups in total. The Morgan fingerprint density at radius 1 is 1.20 bits per heavy atom. The minimum absolute atomic E-state index is 0.0927. The van der Waals surface area contributed by atoms with Gasteiger partial charge >= 0.3 is 0 Å². The molecule has 30 heavy (non-hydrogen) atoms. The molecule has 0 saturated carbocycles. The van der Waals surface area contributed by atoms with Crippen molar-refractivity contribution in [1.82, 2.24) is 24.6 Å². The number of hydrogen-bond acceptors (Lipinski definition) is 6. The molecule has 3 aromatic rings. The summed E-state index contributed by atoms with van der Waals surface area (Å²) in [5.74, 6) is 0.401. The van der Waals surface area contributed by atoms with Crippen molar-refractivity contribution in [1.29, 1.82) is 0 Å². The normalized spacial score (nSPS) is 18.0. The van der Waals surface area contributed by atoms with Crippen molar-refractivity contribution in [2.24, 2.45) is 10.9 Å². The van der Waals surface area contributed by atoms with E-state index >= 15 is 0 Å². The molecule has 0 bridgehead atoms. The van der Waals surface area contributed by atoms with Gasteiger partial charge in [-0.05, 0) is 30.2 Å². The summed E-state index contributed by atoms with van der Waals surface area (Å²) in [5, 5.41) is 11.1. The lowest BCUT2D eigenvalue weighted by Gasteiger charge is -2.19. The number of rotatable bonds is 6. The van der Waals surface area contributed by atoms with E-state index in [-0.39, 0.29) is 29.1 Å². The first-order valence-corrected chi connectivity index (χ1v) is 11.2. The van der Waals surface area contributed by atoms with Crippen molar-refractivity contribution in [2.75, 3.05) is 0 Å². The van der Waals surface area contributed by atoms with Gasteiger partial charge < -0.3 is 5.32 Å². The molecule has 9 nitrogen and oxygen atoms in total. The number of amidine groups is 1. The predicted octanol–water partition coefficient (Wildman–Crippen LogP) is 1.50. The van der Waals surface area contributed by atoms with E-state index in [0.29, 0.717) is 23.5 Å². The van der Waals surface area contributed by atoms with E-state index < -0.39 is 16.1 Å². The minimum Gasteiger partial charge on any atom is -0.347 e. The largest absolute Gasteiger partial charge is 0.347 e. The zero-order chi connectivity index (χ0) is 21.3. The smallest absolute Gasteiger partial charge is 0.263 e. The van der Waals surface area contributed by atoms with Crippen LogP contribution < -0.4 is 10.0 Å². The molecule has 156 valence electrons. The fourth-order valence-corrected chi connectivity index (χ4v) is 4.56. The van der Waals surface area contributed by atoms with Crippen molar-refractivity contribution >= 4 is 27.4 Å². The Balaban J connectivity index is 1.59. The SMILES string of the molecule is CC[C@H](C)[C@H](N=C1NS(=O)(=O)c2ccccc21)C(=O)NCc1nnc2ccccn12. The maximum Gasteiger partial charge on any atom is 0.263 e. The Bertz CT molecular complexity index is 1230. The monoisotopic (exact) mass is 426 g/mol. The second-order valence-electron chi connectivity index (χ2n) is 7.17. The van der Waals surface area contributed by atoms with Gasteiger partial charge in [0.05, 0.1) is 11.4 Å². The molecular weight excluding hydrogens is 404 g/mol. The number of fused-ring (bicyclic) bond motifs is 2. The van der Waals surface area contributed by atoms with Gasteiger partial charge in [-0.25, -0.2) is 8.42 Å². The molecule has 1 aliphatic rings. The molecule has 10 heteroatoms. The van der Waals surface area contributed by atoms with Gasteiger partial charge in [0, 0.05) is 11.8 Å². The van der Waals surface area contributed by atoms with E-state index in [0.717, 1.165) is 0 Å². The van der Waals surface area contributed by atoms with E-state index in [9.17, 15) is 13.2 Å². The number of carbonyl (C=O) groups is 1. The van der Waals surface area contributed by atoms with Crippen LogP contribution in [0.25, 0.3) is 5.65 Å². The zero-order valence-electron chi connectivity index (χ0n) is 16.6. The van der Waals surface area contributed by atoms with Crippen molar-refractivity contribution in [3.63, 3.8) is 0 Å². The van der Waals surface area contributed by atoms with Crippen LogP contribution in [-0.2, 0) is 21.4 Å². The van der Waals surface area contributed by atoms with Crippen LogP contribution in [-0.4, -0.2) is 40.8 Å². The standard InChI is InChI=1S/C20H22N6O3S/c1-3-13(2)18(22-19-14-8-4-5-9-15(14)30(28,29)25-19)20(27)21-12-17-24-23-16-10-6-7-11-26(16)17/h4-11,13,18H,3,12H2,1-2H3,(H,21,27)(H,22,25)/t13-,18-/m0/s1. The lowest BCUT2D eigenvalue weighted by molar-refractivity contribution is -0.123. The van der Waals surface area contributed by atoms with Crippen molar-refractivity contribution in [2.45, 2.75) is 37.8 Å². The summed E-state index contributed by atoms with van der Waals surface area (Å²) in [6, 6.07) is 11.4. The number of hydrogen-bond donors (Lipinski definition) is 2. The van der Waals surface area contributed by atoms with Crippen molar-refractivity contribution < 1.29 is 13.2 Å². The average molecular weight is 427 g/mol. The second kappa shape index (κ2) is 7.86. The zero-order valence-corrected chi connectivity index (χ0v) is 17.4. The molecule has 1 aliphatic heterocycles. The van der Waals surface area contributed by atoms with E-state index in [2.05, 4.69) is 25.2 Å². The van der Waals surface area contributed by atoms with Crippen LogP contribution in [0.5, 0.6) is 0 Å². The predicted molar refractivity (Wildman–Crippen MR) is 111 cm³/mol. The molecule has 1 amide bonds. The van der Waals surface area contributed by atoms with Gasteiger partial charge in [0.15, 0.2) is 11.5 Å². The number of aliphatic imine (C=N–C) groups is 1. The van der Waals surface area contributed by atoms with Gasteiger partial charge in [0.1, 0.15) is 11.9 Å². The van der Waals surface area contributed by atoms with Gasteiger partial charge in [-0.1, -0.05) is 38.5 Å². The molecule has 0 aliphatic carbocycles. The van der Waals surface area contributed by atoms with Crippen LogP contribution in [0.4, 0.5) is 0 Å². The van der Waals surface area contributed by atoms with Crippen LogP contribution in [0.3, 0.4) is 0 Å². The summed E-state index contributed by atoms with van der Waals surface area (Å²) in [6.07, 6.45) is 2.53. The lowest BCUT2D eigenvalue weighted by Crippen LogP contribution is -2.39. The van der Waals surface area contributed by atoms with Gasteiger partial charge in [-0.15, -0.1) is 10.2 Å². The van der Waals surface area contributed by atoms with Crippen LogP contribution >= 0.6 is 0 Å². The molecule has 0 spiro atoms. The molecule has 3 heterocycles. The number of sulfonamides is 1. The Morgan fingerprint density at radius 2 is 1.97 bits per heavy atom. The highest BCUT2D eigenvalue weighted by atomic mass is 32.2. The number of benzene rings is 1. The first-order valence-electron chi connectivity index (χ1n) is 9.67. The number of nitrogens with zero attached hydrogens (tertiary/aromatic N) is 4. The third-order valence-electron chi connectivity index (χ3n) is 5.19.